The first-order chi connectivity index (χ1) is 27.2. The van der Waals surface area contributed by atoms with E-state index in [0.29, 0.717) is 6.42 Å². The Labute approximate surface area is 344 Å². The monoisotopic (exact) mass is 772 g/mol. The lowest BCUT2D eigenvalue weighted by atomic mass is 10.0. The third-order valence-electron chi connectivity index (χ3n) is 11.4. The lowest BCUT2D eigenvalue weighted by Crippen LogP contribution is -2.45. The minimum Gasteiger partial charge on any atom is -0.394 e. The summed E-state index contributed by atoms with van der Waals surface area (Å²) in [6.45, 7) is 4.30. The van der Waals surface area contributed by atoms with Gasteiger partial charge in [-0.25, -0.2) is 0 Å². The Morgan fingerprint density at radius 1 is 0.436 bits per heavy atom. The Kier molecular flexibility index (Phi) is 45.8. The first kappa shape index (κ1) is 53.6. The summed E-state index contributed by atoms with van der Waals surface area (Å²) in [6.07, 6.45) is 62.8. The number of carbonyl (C=O) groups excluding carboxylic acids is 1. The number of aliphatic hydroxyl groups is 2. The summed E-state index contributed by atoms with van der Waals surface area (Å²) in [6, 6.07) is -0.629. The maximum Gasteiger partial charge on any atom is 0.220 e. The molecule has 0 spiro atoms. The number of amides is 1. The molecule has 0 aliphatic heterocycles. The molecule has 2 unspecified atom stereocenters. The minimum atomic E-state index is -0.845. The van der Waals surface area contributed by atoms with Gasteiger partial charge in [-0.05, 0) is 51.4 Å². The van der Waals surface area contributed by atoms with Gasteiger partial charge in [0.2, 0.25) is 5.91 Å². The second kappa shape index (κ2) is 47.0. The lowest BCUT2D eigenvalue weighted by Gasteiger charge is -2.20. The standard InChI is InChI=1S/C51H97NO3/c1-3-5-7-9-11-13-15-17-19-21-22-23-24-25-26-27-28-29-30-31-32-34-36-38-40-42-44-46-50(54)49(48-53)52-51(55)47-45-43-41-39-37-35-33-20-18-16-14-12-10-8-6-4-2/h14,16,20,33,44,46,49-50,53-54H,3-13,15,17-19,21-32,34-43,45,47-48H2,1-2H3,(H,52,55)/b16-14-,33-20-,46-44+. The summed E-state index contributed by atoms with van der Waals surface area (Å²) in [5.74, 6) is -0.0759. The van der Waals surface area contributed by atoms with Crippen molar-refractivity contribution in [3.8, 4) is 0 Å². The van der Waals surface area contributed by atoms with E-state index >= 15 is 0 Å². The normalized spacial score (nSPS) is 13.2. The van der Waals surface area contributed by atoms with Crippen LogP contribution in [0.3, 0.4) is 0 Å². The van der Waals surface area contributed by atoms with Crippen molar-refractivity contribution in [3.63, 3.8) is 0 Å². The molecule has 0 saturated heterocycles. The molecular weight excluding hydrogens is 675 g/mol. The lowest BCUT2D eigenvalue weighted by molar-refractivity contribution is -0.123. The number of hydrogen-bond acceptors (Lipinski definition) is 3. The SMILES string of the molecule is CCCCCC/C=C\C/C=C\CCCCCCCC(=O)NC(CO)C(O)/C=C/CCCCCCCCCCCCCCCCCCCCCCCCCCC. The molecule has 0 radical (unpaired) electrons. The van der Waals surface area contributed by atoms with Crippen LogP contribution in [-0.4, -0.2) is 34.9 Å². The van der Waals surface area contributed by atoms with E-state index in [0.717, 1.165) is 44.9 Å². The Morgan fingerprint density at radius 2 is 0.745 bits per heavy atom. The van der Waals surface area contributed by atoms with Crippen molar-refractivity contribution in [2.45, 2.75) is 276 Å². The molecule has 0 aliphatic rings. The van der Waals surface area contributed by atoms with Gasteiger partial charge in [0.1, 0.15) is 0 Å². The molecule has 0 rings (SSSR count). The van der Waals surface area contributed by atoms with Crippen LogP contribution in [0.4, 0.5) is 0 Å². The Morgan fingerprint density at radius 3 is 1.11 bits per heavy atom. The number of hydrogen-bond donors (Lipinski definition) is 3. The topological polar surface area (TPSA) is 69.6 Å². The van der Waals surface area contributed by atoms with E-state index < -0.39 is 12.1 Å². The zero-order valence-corrected chi connectivity index (χ0v) is 37.2. The van der Waals surface area contributed by atoms with E-state index in [9.17, 15) is 15.0 Å². The van der Waals surface area contributed by atoms with E-state index in [1.54, 1.807) is 6.08 Å². The van der Waals surface area contributed by atoms with Gasteiger partial charge in [0, 0.05) is 6.42 Å². The van der Waals surface area contributed by atoms with E-state index in [1.807, 2.05) is 6.08 Å². The van der Waals surface area contributed by atoms with E-state index in [2.05, 4.69) is 43.5 Å². The molecule has 0 bridgehead atoms. The predicted octanol–water partition coefficient (Wildman–Crippen LogP) is 15.7. The van der Waals surface area contributed by atoms with E-state index in [1.165, 1.54) is 199 Å². The molecule has 0 aromatic carbocycles. The summed E-state index contributed by atoms with van der Waals surface area (Å²) in [4.78, 5) is 12.4. The van der Waals surface area contributed by atoms with Gasteiger partial charge in [-0.3, -0.25) is 4.79 Å². The number of unbranched alkanes of at least 4 members (excludes halogenated alkanes) is 34. The molecule has 2 atom stereocenters. The van der Waals surface area contributed by atoms with Gasteiger partial charge in [-0.2, -0.15) is 0 Å². The second-order valence-corrected chi connectivity index (χ2v) is 16.9. The van der Waals surface area contributed by atoms with Gasteiger partial charge < -0.3 is 15.5 Å². The summed E-state index contributed by atoms with van der Waals surface area (Å²) in [5.41, 5.74) is 0. The van der Waals surface area contributed by atoms with Crippen molar-refractivity contribution in [3.05, 3.63) is 36.5 Å². The molecule has 55 heavy (non-hydrogen) atoms. The molecule has 0 saturated carbocycles. The van der Waals surface area contributed by atoms with Crippen LogP contribution in [0, 0.1) is 0 Å². The van der Waals surface area contributed by atoms with Gasteiger partial charge in [0.05, 0.1) is 18.8 Å². The number of allylic oxidation sites excluding steroid dienone is 5. The fraction of sp³-hybridized carbons (Fsp3) is 0.863. The van der Waals surface area contributed by atoms with E-state index in [4.69, 9.17) is 0 Å². The van der Waals surface area contributed by atoms with Crippen molar-refractivity contribution >= 4 is 5.91 Å². The predicted molar refractivity (Wildman–Crippen MR) is 244 cm³/mol. The molecule has 3 N–H and O–H groups in total. The number of aliphatic hydroxyl groups excluding tert-OH is 2. The van der Waals surface area contributed by atoms with Crippen LogP contribution in [0.15, 0.2) is 36.5 Å². The highest BCUT2D eigenvalue weighted by Crippen LogP contribution is 2.16. The fourth-order valence-electron chi connectivity index (χ4n) is 7.56. The summed E-state index contributed by atoms with van der Waals surface area (Å²) in [5, 5.41) is 23.1. The zero-order valence-electron chi connectivity index (χ0n) is 37.2. The fourth-order valence-corrected chi connectivity index (χ4v) is 7.56. The van der Waals surface area contributed by atoms with Crippen LogP contribution in [0.5, 0.6) is 0 Å². The van der Waals surface area contributed by atoms with E-state index in [-0.39, 0.29) is 12.5 Å². The maximum atomic E-state index is 12.4. The van der Waals surface area contributed by atoms with Crippen molar-refractivity contribution in [2.24, 2.45) is 0 Å². The van der Waals surface area contributed by atoms with Crippen LogP contribution in [-0.2, 0) is 4.79 Å². The average Bonchev–Trinajstić information content (AvgIpc) is 3.19. The highest BCUT2D eigenvalue weighted by molar-refractivity contribution is 5.76. The molecule has 324 valence electrons. The van der Waals surface area contributed by atoms with Crippen molar-refractivity contribution in [1.29, 1.82) is 0 Å². The van der Waals surface area contributed by atoms with Gasteiger partial charge in [0.15, 0.2) is 0 Å². The summed E-state index contributed by atoms with van der Waals surface area (Å²) < 4.78 is 0. The van der Waals surface area contributed by atoms with Crippen molar-refractivity contribution in [1.82, 2.24) is 5.32 Å². The van der Waals surface area contributed by atoms with Crippen LogP contribution in [0.2, 0.25) is 0 Å². The Balaban J connectivity index is 3.51. The zero-order chi connectivity index (χ0) is 40.0. The van der Waals surface area contributed by atoms with Gasteiger partial charge in [-0.1, -0.05) is 243 Å². The van der Waals surface area contributed by atoms with Crippen LogP contribution in [0.1, 0.15) is 264 Å². The van der Waals surface area contributed by atoms with Gasteiger partial charge in [0.25, 0.3) is 0 Å². The van der Waals surface area contributed by atoms with Crippen LogP contribution in [0.25, 0.3) is 0 Å². The third kappa shape index (κ3) is 43.6. The molecule has 0 aliphatic carbocycles. The number of rotatable bonds is 45. The second-order valence-electron chi connectivity index (χ2n) is 16.9. The number of nitrogens with one attached hydrogen (secondary N) is 1. The molecule has 0 aromatic rings. The van der Waals surface area contributed by atoms with Crippen LogP contribution < -0.4 is 5.32 Å². The number of carbonyl (C=O) groups is 1. The van der Waals surface area contributed by atoms with Crippen molar-refractivity contribution < 1.29 is 15.0 Å². The first-order valence-corrected chi connectivity index (χ1v) is 24.7. The average molecular weight is 772 g/mol. The first-order valence-electron chi connectivity index (χ1n) is 24.7. The largest absolute Gasteiger partial charge is 0.394 e. The molecule has 1 amide bonds. The summed E-state index contributed by atoms with van der Waals surface area (Å²) >= 11 is 0. The highest BCUT2D eigenvalue weighted by Gasteiger charge is 2.17. The molecule has 0 aromatic heterocycles. The highest BCUT2D eigenvalue weighted by atomic mass is 16.3. The van der Waals surface area contributed by atoms with Gasteiger partial charge >= 0.3 is 0 Å². The summed E-state index contributed by atoms with van der Waals surface area (Å²) in [7, 11) is 0. The third-order valence-corrected chi connectivity index (χ3v) is 11.4. The minimum absolute atomic E-state index is 0.0759. The Hall–Kier alpha value is -1.39. The Bertz CT molecular complexity index is 836. The molecule has 0 fully saturated rings. The quantitative estimate of drug-likeness (QED) is 0.0426. The molecule has 4 nitrogen and oxygen atoms in total. The maximum absolute atomic E-state index is 12.4. The molecule has 0 heterocycles. The van der Waals surface area contributed by atoms with Gasteiger partial charge in [-0.15, -0.1) is 0 Å². The molecular formula is C51H97NO3. The van der Waals surface area contributed by atoms with Crippen LogP contribution >= 0.6 is 0 Å². The molecule has 4 heteroatoms. The van der Waals surface area contributed by atoms with Crippen molar-refractivity contribution in [2.75, 3.05) is 6.61 Å². The smallest absolute Gasteiger partial charge is 0.220 e.